The van der Waals surface area contributed by atoms with E-state index in [9.17, 15) is 0 Å². The minimum atomic E-state index is 0.484. The Hall–Kier alpha value is -1.53. The third kappa shape index (κ3) is 2.98. The molecule has 1 aliphatic rings. The van der Waals surface area contributed by atoms with Crippen LogP contribution in [-0.4, -0.2) is 19.3 Å². The second-order valence-electron chi connectivity index (χ2n) is 4.06. The number of hydrogen-bond donors (Lipinski definition) is 1. The van der Waals surface area contributed by atoms with Crippen LogP contribution in [0.4, 0.5) is 5.69 Å². The predicted octanol–water partition coefficient (Wildman–Crippen LogP) is 2.34. The summed E-state index contributed by atoms with van der Waals surface area (Å²) in [6, 6.07) is 10.8. The molecule has 1 aromatic carbocycles. The van der Waals surface area contributed by atoms with Gasteiger partial charge in [0, 0.05) is 24.9 Å². The van der Waals surface area contributed by atoms with Crippen molar-refractivity contribution < 1.29 is 4.74 Å². The monoisotopic (exact) mass is 216 g/mol. The van der Waals surface area contributed by atoms with E-state index < -0.39 is 0 Å². The number of nitrogens with one attached hydrogen (secondary N) is 1. The van der Waals surface area contributed by atoms with E-state index in [1.165, 1.54) is 0 Å². The van der Waals surface area contributed by atoms with Gasteiger partial charge in [0.05, 0.1) is 12.5 Å². The van der Waals surface area contributed by atoms with Crippen molar-refractivity contribution in [2.45, 2.75) is 25.3 Å². The molecule has 1 aliphatic heterocycles. The molecule has 1 N–H and O–H groups in total. The average molecular weight is 216 g/mol. The van der Waals surface area contributed by atoms with Crippen molar-refractivity contribution in [3.63, 3.8) is 0 Å². The number of hydrogen-bond acceptors (Lipinski definition) is 3. The number of ether oxygens (including phenoxy) is 1. The molecule has 1 saturated heterocycles. The molecule has 2 rings (SSSR count). The van der Waals surface area contributed by atoms with Gasteiger partial charge in [0.15, 0.2) is 0 Å². The van der Waals surface area contributed by atoms with Crippen LogP contribution in [0.2, 0.25) is 0 Å². The van der Waals surface area contributed by atoms with Gasteiger partial charge in [-0.25, -0.2) is 0 Å². The summed E-state index contributed by atoms with van der Waals surface area (Å²) in [5.74, 6) is 0. The Bertz CT molecular complexity index is 361. The molecule has 0 aromatic heterocycles. The highest BCUT2D eigenvalue weighted by molar-refractivity contribution is 5.45. The molecular formula is C13H16N2O. The number of benzene rings is 1. The lowest BCUT2D eigenvalue weighted by atomic mass is 10.1. The zero-order valence-corrected chi connectivity index (χ0v) is 9.28. The van der Waals surface area contributed by atoms with Crippen LogP contribution in [0, 0.1) is 11.3 Å². The summed E-state index contributed by atoms with van der Waals surface area (Å²) in [5.41, 5.74) is 2.20. The Kier molecular flexibility index (Phi) is 3.79. The van der Waals surface area contributed by atoms with E-state index in [1.807, 2.05) is 24.3 Å². The zero-order chi connectivity index (χ0) is 11.2. The summed E-state index contributed by atoms with van der Waals surface area (Å²) in [6.45, 7) is 1.70. The fourth-order valence-electron chi connectivity index (χ4n) is 1.89. The first-order valence-electron chi connectivity index (χ1n) is 5.68. The normalized spacial score (nSPS) is 16.7. The topological polar surface area (TPSA) is 45.0 Å². The fraction of sp³-hybridized carbons (Fsp3) is 0.462. The Morgan fingerprint density at radius 3 is 2.56 bits per heavy atom. The summed E-state index contributed by atoms with van der Waals surface area (Å²) in [6.07, 6.45) is 2.62. The maximum atomic E-state index is 8.57. The van der Waals surface area contributed by atoms with Crippen LogP contribution in [0.3, 0.4) is 0 Å². The Morgan fingerprint density at radius 1 is 1.25 bits per heavy atom. The second kappa shape index (κ2) is 5.53. The highest BCUT2D eigenvalue weighted by Gasteiger charge is 2.12. The molecule has 0 aliphatic carbocycles. The average Bonchev–Trinajstić information content (AvgIpc) is 2.33. The molecular weight excluding hydrogens is 200 g/mol. The van der Waals surface area contributed by atoms with Crippen LogP contribution in [-0.2, 0) is 11.2 Å². The van der Waals surface area contributed by atoms with Gasteiger partial charge in [0.1, 0.15) is 0 Å². The molecule has 3 nitrogen and oxygen atoms in total. The fourth-order valence-corrected chi connectivity index (χ4v) is 1.89. The van der Waals surface area contributed by atoms with Crippen LogP contribution in [0.5, 0.6) is 0 Å². The van der Waals surface area contributed by atoms with Crippen LogP contribution in [0.25, 0.3) is 0 Å². The van der Waals surface area contributed by atoms with Crippen LogP contribution >= 0.6 is 0 Å². The lowest BCUT2D eigenvalue weighted by molar-refractivity contribution is 0.0904. The van der Waals surface area contributed by atoms with Crippen LogP contribution in [0.15, 0.2) is 24.3 Å². The maximum Gasteiger partial charge on any atom is 0.0669 e. The van der Waals surface area contributed by atoms with E-state index in [0.29, 0.717) is 12.5 Å². The van der Waals surface area contributed by atoms with Gasteiger partial charge < -0.3 is 10.1 Å². The third-order valence-corrected chi connectivity index (χ3v) is 2.83. The first-order valence-corrected chi connectivity index (χ1v) is 5.68. The second-order valence-corrected chi connectivity index (χ2v) is 4.06. The summed E-state index contributed by atoms with van der Waals surface area (Å²) < 4.78 is 5.31. The molecule has 0 bridgehead atoms. The van der Waals surface area contributed by atoms with Crippen molar-refractivity contribution >= 4 is 5.69 Å². The molecule has 0 atom stereocenters. The van der Waals surface area contributed by atoms with Crippen molar-refractivity contribution in [2.75, 3.05) is 18.5 Å². The molecule has 84 valence electrons. The molecule has 0 spiro atoms. The molecule has 0 unspecified atom stereocenters. The maximum absolute atomic E-state index is 8.57. The van der Waals surface area contributed by atoms with Gasteiger partial charge in [-0.3, -0.25) is 0 Å². The number of nitrogens with zero attached hydrogens (tertiary/aromatic N) is 1. The first kappa shape index (κ1) is 11.0. The Labute approximate surface area is 96.0 Å². The van der Waals surface area contributed by atoms with E-state index in [-0.39, 0.29) is 0 Å². The van der Waals surface area contributed by atoms with Crippen molar-refractivity contribution in [1.29, 1.82) is 5.26 Å². The van der Waals surface area contributed by atoms with Gasteiger partial charge in [0.2, 0.25) is 0 Å². The predicted molar refractivity (Wildman–Crippen MR) is 63.2 cm³/mol. The lowest BCUT2D eigenvalue weighted by Gasteiger charge is -2.24. The minimum absolute atomic E-state index is 0.484. The van der Waals surface area contributed by atoms with Gasteiger partial charge in [-0.05, 0) is 30.5 Å². The van der Waals surface area contributed by atoms with Gasteiger partial charge in [-0.1, -0.05) is 12.1 Å². The molecule has 3 heteroatoms. The van der Waals surface area contributed by atoms with E-state index >= 15 is 0 Å². The summed E-state index contributed by atoms with van der Waals surface area (Å²) in [5, 5.41) is 12.1. The number of nitriles is 1. The molecule has 1 heterocycles. The van der Waals surface area contributed by atoms with E-state index in [2.05, 4.69) is 11.4 Å². The first-order chi connectivity index (χ1) is 7.88. The highest BCUT2D eigenvalue weighted by Crippen LogP contribution is 2.15. The summed E-state index contributed by atoms with van der Waals surface area (Å²) in [7, 11) is 0. The lowest BCUT2D eigenvalue weighted by Crippen LogP contribution is -2.27. The van der Waals surface area contributed by atoms with Gasteiger partial charge in [0.25, 0.3) is 0 Å². The van der Waals surface area contributed by atoms with E-state index in [1.54, 1.807) is 0 Å². The third-order valence-electron chi connectivity index (χ3n) is 2.83. The molecule has 16 heavy (non-hydrogen) atoms. The van der Waals surface area contributed by atoms with E-state index in [0.717, 1.165) is 37.3 Å². The smallest absolute Gasteiger partial charge is 0.0669 e. The molecule has 0 radical (unpaired) electrons. The Morgan fingerprint density at radius 2 is 1.94 bits per heavy atom. The number of anilines is 1. The highest BCUT2D eigenvalue weighted by atomic mass is 16.5. The van der Waals surface area contributed by atoms with Gasteiger partial charge >= 0.3 is 0 Å². The summed E-state index contributed by atoms with van der Waals surface area (Å²) in [4.78, 5) is 0. The zero-order valence-electron chi connectivity index (χ0n) is 9.28. The largest absolute Gasteiger partial charge is 0.382 e. The van der Waals surface area contributed by atoms with Crippen LogP contribution < -0.4 is 5.32 Å². The molecule has 1 aromatic rings. The standard InChI is InChI=1S/C13H16N2O/c14-8-5-11-1-3-12(4-2-11)15-13-6-9-16-10-7-13/h1-4,13,15H,5-7,9-10H2. The van der Waals surface area contributed by atoms with Gasteiger partial charge in [-0.2, -0.15) is 5.26 Å². The quantitative estimate of drug-likeness (QED) is 0.843. The molecule has 0 amide bonds. The van der Waals surface area contributed by atoms with E-state index in [4.69, 9.17) is 10.00 Å². The van der Waals surface area contributed by atoms with Crippen molar-refractivity contribution in [2.24, 2.45) is 0 Å². The summed E-state index contributed by atoms with van der Waals surface area (Å²) >= 11 is 0. The van der Waals surface area contributed by atoms with Gasteiger partial charge in [-0.15, -0.1) is 0 Å². The minimum Gasteiger partial charge on any atom is -0.382 e. The Balaban J connectivity index is 1.91. The van der Waals surface area contributed by atoms with Crippen LogP contribution in [0.1, 0.15) is 18.4 Å². The molecule has 1 fully saturated rings. The SMILES string of the molecule is N#CCc1ccc(NC2CCOCC2)cc1. The van der Waals surface area contributed by atoms with Crippen molar-refractivity contribution in [3.05, 3.63) is 29.8 Å². The van der Waals surface area contributed by atoms with Crippen molar-refractivity contribution in [3.8, 4) is 6.07 Å². The molecule has 0 saturated carbocycles. The van der Waals surface area contributed by atoms with Crippen molar-refractivity contribution in [1.82, 2.24) is 0 Å². The number of rotatable bonds is 3.